The van der Waals surface area contributed by atoms with Crippen molar-refractivity contribution < 1.29 is 4.74 Å². The van der Waals surface area contributed by atoms with Crippen molar-refractivity contribution in [3.8, 4) is 17.0 Å². The van der Waals surface area contributed by atoms with Crippen molar-refractivity contribution in [1.82, 2.24) is 4.98 Å². The Morgan fingerprint density at radius 1 is 1.29 bits per heavy atom. The van der Waals surface area contributed by atoms with E-state index in [1.165, 1.54) is 0 Å². The van der Waals surface area contributed by atoms with E-state index < -0.39 is 0 Å². The largest absolute Gasteiger partial charge is 0.494 e. The lowest BCUT2D eigenvalue weighted by atomic mass is 10.1. The number of nitrogens with two attached hydrogens (primary N) is 1. The molecule has 0 aliphatic carbocycles. The van der Waals surface area contributed by atoms with Gasteiger partial charge in [0.05, 0.1) is 12.3 Å². The van der Waals surface area contributed by atoms with Crippen LogP contribution in [0.15, 0.2) is 42.6 Å². The van der Waals surface area contributed by atoms with E-state index in [-0.39, 0.29) is 30.8 Å². The molecule has 0 amide bonds. The highest BCUT2D eigenvalue weighted by atomic mass is 35.5. The normalized spacial score (nSPS) is 9.00. The lowest BCUT2D eigenvalue weighted by Crippen LogP contribution is -2.20. The first kappa shape index (κ1) is 19.0. The van der Waals surface area contributed by atoms with E-state index in [0.717, 1.165) is 22.7 Å². The van der Waals surface area contributed by atoms with Crippen LogP contribution in [0.4, 0.5) is 5.69 Å². The molecule has 5 nitrogen and oxygen atoms in total. The van der Waals surface area contributed by atoms with Crippen LogP contribution in [0.2, 0.25) is 0 Å². The Hall–Kier alpha value is -1.98. The van der Waals surface area contributed by atoms with Gasteiger partial charge in [0.25, 0.3) is 0 Å². The molecule has 7 heteroatoms. The van der Waals surface area contributed by atoms with E-state index in [1.54, 1.807) is 6.20 Å². The number of nitrogens with one attached hydrogen (secondary N) is 2. The molecule has 4 N–H and O–H groups in total. The molecule has 0 aliphatic rings. The van der Waals surface area contributed by atoms with Crippen LogP contribution in [0.5, 0.6) is 5.75 Å². The van der Waals surface area contributed by atoms with Gasteiger partial charge in [-0.15, -0.1) is 24.8 Å². The molecule has 0 saturated heterocycles. The van der Waals surface area contributed by atoms with Crippen LogP contribution in [0.1, 0.15) is 6.92 Å². The average molecular weight is 329 g/mol. The van der Waals surface area contributed by atoms with Crippen LogP contribution in [-0.4, -0.2) is 17.6 Å². The number of benzene rings is 1. The van der Waals surface area contributed by atoms with Crippen LogP contribution >= 0.6 is 24.8 Å². The molecule has 21 heavy (non-hydrogen) atoms. The first-order chi connectivity index (χ1) is 9.19. The second kappa shape index (κ2) is 9.05. The fourth-order valence-electron chi connectivity index (χ4n) is 1.74. The Labute approximate surface area is 136 Å². The van der Waals surface area contributed by atoms with Gasteiger partial charge in [0.15, 0.2) is 5.96 Å². The van der Waals surface area contributed by atoms with Gasteiger partial charge in [-0.3, -0.25) is 10.4 Å². The minimum absolute atomic E-state index is 0. The van der Waals surface area contributed by atoms with E-state index in [4.69, 9.17) is 15.9 Å². The van der Waals surface area contributed by atoms with Crippen LogP contribution in [0.25, 0.3) is 11.3 Å². The van der Waals surface area contributed by atoms with Crippen molar-refractivity contribution in [2.75, 3.05) is 11.9 Å². The van der Waals surface area contributed by atoms with Crippen LogP contribution < -0.4 is 15.8 Å². The molecule has 0 radical (unpaired) electrons. The third-order valence-corrected chi connectivity index (χ3v) is 2.48. The maximum atomic E-state index is 7.23. The van der Waals surface area contributed by atoms with Gasteiger partial charge in [-0.25, -0.2) is 0 Å². The van der Waals surface area contributed by atoms with Gasteiger partial charge in [0.1, 0.15) is 5.75 Å². The average Bonchev–Trinajstić information content (AvgIpc) is 2.39. The number of ether oxygens (including phenoxy) is 1. The summed E-state index contributed by atoms with van der Waals surface area (Å²) < 4.78 is 5.45. The second-order valence-corrected chi connectivity index (χ2v) is 3.93. The van der Waals surface area contributed by atoms with E-state index in [1.807, 2.05) is 43.3 Å². The zero-order valence-electron chi connectivity index (χ0n) is 11.5. The first-order valence-electron chi connectivity index (χ1n) is 5.99. The molecule has 0 bridgehead atoms. The standard InChI is InChI=1S/C14H16N4O.2ClH/c1-2-19-12-6-7-17-13(9-12)10-4-3-5-11(8-10)18-14(15)16;;/h3-9H,2H2,1H3,(H4,15,16,18);2*1H. The predicted octanol–water partition coefficient (Wildman–Crippen LogP) is 3.30. The maximum absolute atomic E-state index is 7.23. The number of guanidine groups is 1. The third-order valence-electron chi connectivity index (χ3n) is 2.48. The van der Waals surface area contributed by atoms with Gasteiger partial charge in [-0.2, -0.15) is 0 Å². The Bertz CT molecular complexity index is 593. The smallest absolute Gasteiger partial charge is 0.190 e. The Balaban J connectivity index is 0.00000200. The maximum Gasteiger partial charge on any atom is 0.190 e. The summed E-state index contributed by atoms with van der Waals surface area (Å²) in [5, 5.41) is 9.98. The van der Waals surface area contributed by atoms with E-state index >= 15 is 0 Å². The van der Waals surface area contributed by atoms with Gasteiger partial charge in [-0.1, -0.05) is 12.1 Å². The fraction of sp³-hybridized carbons (Fsp3) is 0.143. The second-order valence-electron chi connectivity index (χ2n) is 3.93. The van der Waals surface area contributed by atoms with E-state index in [0.29, 0.717) is 6.61 Å². The summed E-state index contributed by atoms with van der Waals surface area (Å²) in [7, 11) is 0. The van der Waals surface area contributed by atoms with Crippen LogP contribution in [0, 0.1) is 5.41 Å². The summed E-state index contributed by atoms with van der Waals surface area (Å²) in [6.45, 7) is 2.56. The summed E-state index contributed by atoms with van der Waals surface area (Å²) >= 11 is 0. The molecule has 0 atom stereocenters. The molecule has 1 heterocycles. The highest BCUT2D eigenvalue weighted by Gasteiger charge is 2.03. The highest BCUT2D eigenvalue weighted by Crippen LogP contribution is 2.23. The van der Waals surface area contributed by atoms with E-state index in [9.17, 15) is 0 Å². The van der Waals surface area contributed by atoms with Crippen molar-refractivity contribution in [2.24, 2.45) is 5.73 Å². The Morgan fingerprint density at radius 2 is 2.05 bits per heavy atom. The SMILES string of the molecule is CCOc1ccnc(-c2cccc(NC(=N)N)c2)c1.Cl.Cl. The number of pyridine rings is 1. The molecule has 1 aromatic heterocycles. The lowest BCUT2D eigenvalue weighted by Gasteiger charge is -2.08. The Kier molecular flexibility index (Phi) is 8.19. The number of hydrogen-bond acceptors (Lipinski definition) is 3. The monoisotopic (exact) mass is 328 g/mol. The number of halogens is 2. The number of anilines is 1. The van der Waals surface area contributed by atoms with E-state index in [2.05, 4.69) is 10.3 Å². The molecule has 0 saturated carbocycles. The van der Waals surface area contributed by atoms with Crippen LogP contribution in [-0.2, 0) is 0 Å². The van der Waals surface area contributed by atoms with Crippen molar-refractivity contribution in [2.45, 2.75) is 6.92 Å². The molecular weight excluding hydrogens is 311 g/mol. The van der Waals surface area contributed by atoms with Gasteiger partial charge in [-0.05, 0) is 25.1 Å². The summed E-state index contributed by atoms with van der Waals surface area (Å²) in [5.41, 5.74) is 7.83. The van der Waals surface area contributed by atoms with Gasteiger partial charge in [0.2, 0.25) is 0 Å². The summed E-state index contributed by atoms with van der Waals surface area (Å²) in [4.78, 5) is 4.32. The predicted molar refractivity (Wildman–Crippen MR) is 90.9 cm³/mol. The fourth-order valence-corrected chi connectivity index (χ4v) is 1.74. The lowest BCUT2D eigenvalue weighted by molar-refractivity contribution is 0.340. The molecule has 2 rings (SSSR count). The zero-order chi connectivity index (χ0) is 13.7. The quantitative estimate of drug-likeness (QED) is 0.594. The van der Waals surface area contributed by atoms with Crippen molar-refractivity contribution >= 4 is 36.5 Å². The van der Waals surface area contributed by atoms with Crippen LogP contribution in [0.3, 0.4) is 0 Å². The number of rotatable bonds is 4. The molecule has 2 aromatic rings. The van der Waals surface area contributed by atoms with Crippen molar-refractivity contribution in [3.63, 3.8) is 0 Å². The van der Waals surface area contributed by atoms with Crippen molar-refractivity contribution in [1.29, 1.82) is 5.41 Å². The summed E-state index contributed by atoms with van der Waals surface area (Å²) in [6, 6.07) is 11.3. The molecule has 0 fully saturated rings. The topological polar surface area (TPSA) is 84.0 Å². The molecular formula is C14H18Cl2N4O. The molecule has 1 aromatic carbocycles. The number of nitrogens with zero attached hydrogens (tertiary/aromatic N) is 1. The minimum atomic E-state index is -0.0897. The zero-order valence-corrected chi connectivity index (χ0v) is 13.1. The van der Waals surface area contributed by atoms with Gasteiger partial charge >= 0.3 is 0 Å². The van der Waals surface area contributed by atoms with Crippen molar-refractivity contribution in [3.05, 3.63) is 42.6 Å². The number of hydrogen-bond donors (Lipinski definition) is 3. The summed E-state index contributed by atoms with van der Waals surface area (Å²) in [6.07, 6.45) is 1.71. The molecule has 0 spiro atoms. The number of aromatic nitrogens is 1. The third kappa shape index (κ3) is 5.49. The highest BCUT2D eigenvalue weighted by molar-refractivity contribution is 5.90. The summed E-state index contributed by atoms with van der Waals surface area (Å²) in [5.74, 6) is 0.700. The molecule has 0 aliphatic heterocycles. The van der Waals surface area contributed by atoms with Gasteiger partial charge in [0, 0.05) is 23.5 Å². The van der Waals surface area contributed by atoms with Gasteiger partial charge < -0.3 is 15.8 Å². The molecule has 0 unspecified atom stereocenters. The minimum Gasteiger partial charge on any atom is -0.494 e. The first-order valence-corrected chi connectivity index (χ1v) is 5.99. The molecule has 114 valence electrons. The Morgan fingerprint density at radius 3 is 2.71 bits per heavy atom.